The summed E-state index contributed by atoms with van der Waals surface area (Å²) in [5.41, 5.74) is 15.5. The number of rotatable bonds is 9. The Morgan fingerprint density at radius 2 is 0.193 bits per heavy atom. The first kappa shape index (κ1) is 72.3. The molecule has 0 atom stereocenters. The minimum absolute atomic E-state index is 0.232. The van der Waals surface area contributed by atoms with Gasteiger partial charge in [0.1, 0.15) is 0 Å². The van der Waals surface area contributed by atoms with Crippen molar-refractivity contribution < 1.29 is 9.78 Å². The second kappa shape index (κ2) is 23.1. The number of hydrogen-bond donors (Lipinski definition) is 0. The van der Waals surface area contributed by atoms with Gasteiger partial charge in [0.05, 0.1) is 0 Å². The predicted octanol–water partition coefficient (Wildman–Crippen LogP) is 24.5. The zero-order valence-corrected chi connectivity index (χ0v) is 63.2. The van der Waals surface area contributed by atoms with E-state index in [4.69, 9.17) is 9.78 Å². The minimum atomic E-state index is -1.42. The van der Waals surface area contributed by atoms with Gasteiger partial charge >= 0.3 is 0 Å². The molecule has 6 aromatic carbocycles. The van der Waals surface area contributed by atoms with Crippen LogP contribution in [0.25, 0.3) is 0 Å². The van der Waals surface area contributed by atoms with E-state index in [2.05, 4.69) is 358 Å². The van der Waals surface area contributed by atoms with Gasteiger partial charge in [-0.25, -0.2) is 9.78 Å². The van der Waals surface area contributed by atoms with Crippen LogP contribution in [0.15, 0.2) is 109 Å². The quantitative estimate of drug-likeness (QED) is 0.0816. The number of hydrogen-bond acceptors (Lipinski definition) is 2. The summed E-state index contributed by atoms with van der Waals surface area (Å²) < 4.78 is 0. The standard InChI is InChI=1S/C86H126O2/c1-73(2,3)55-37-56(74(4,5)6)44-67(43-55)85(68-45-57(75(7,8)9)38-58(46-68)76(10,11)12,69-47-59(77(13,14)15)39-60(48-69)78(16,17)18)87-88-86(70-49-61(79(19,20)21)40-62(50-70)80(22,23)24,71-51-63(81(25,26)27)41-64(52-71)82(28,29)30)72-53-65(83(31,32)33)42-66(54-72)84(34,35)36/h37-54H,1-36H3. The Hall–Kier alpha value is -4.76. The van der Waals surface area contributed by atoms with Crippen LogP contribution in [0.1, 0.15) is 349 Å². The van der Waals surface area contributed by atoms with Gasteiger partial charge in [-0.2, -0.15) is 0 Å². The van der Waals surface area contributed by atoms with Crippen molar-refractivity contribution in [3.8, 4) is 0 Å². The average molecular weight is 1190 g/mol. The Kier molecular flexibility index (Phi) is 19.0. The fraction of sp³-hybridized carbons (Fsp3) is 0.581. The summed E-state index contributed by atoms with van der Waals surface area (Å²) in [7, 11) is 0. The first-order chi connectivity index (χ1) is 39.1. The molecule has 2 nitrogen and oxygen atoms in total. The van der Waals surface area contributed by atoms with E-state index in [1.54, 1.807) is 0 Å². The highest BCUT2D eigenvalue weighted by molar-refractivity contribution is 5.59. The molecule has 0 aliphatic heterocycles. The van der Waals surface area contributed by atoms with Gasteiger partial charge in [0.15, 0.2) is 11.2 Å². The highest BCUT2D eigenvalue weighted by atomic mass is 17.2. The smallest absolute Gasteiger partial charge is 0.179 e. The first-order valence-corrected chi connectivity index (χ1v) is 33.5. The molecule has 0 N–H and O–H groups in total. The van der Waals surface area contributed by atoms with Crippen molar-refractivity contribution in [2.75, 3.05) is 0 Å². The van der Waals surface area contributed by atoms with Gasteiger partial charge in [-0.3, -0.25) is 0 Å². The molecule has 482 valence electrons. The van der Waals surface area contributed by atoms with E-state index < -0.39 is 11.2 Å². The Morgan fingerprint density at radius 1 is 0.125 bits per heavy atom. The molecule has 0 radical (unpaired) electrons. The number of benzene rings is 6. The maximum absolute atomic E-state index is 8.78. The second-order valence-corrected chi connectivity index (χ2v) is 39.3. The molecule has 0 amide bonds. The zero-order chi connectivity index (χ0) is 67.5. The molecule has 0 aliphatic carbocycles. The molecule has 6 rings (SSSR count). The Balaban J connectivity index is 2.17. The molecule has 6 aromatic rings. The van der Waals surface area contributed by atoms with Gasteiger partial charge in [-0.15, -0.1) is 0 Å². The lowest BCUT2D eigenvalue weighted by molar-refractivity contribution is -0.388. The topological polar surface area (TPSA) is 18.5 Å². The fourth-order valence-electron chi connectivity index (χ4n) is 11.6. The molecule has 0 saturated heterocycles. The molecule has 0 aliphatic rings. The van der Waals surface area contributed by atoms with E-state index in [0.29, 0.717) is 0 Å². The van der Waals surface area contributed by atoms with Gasteiger partial charge in [-0.05, 0) is 165 Å². The van der Waals surface area contributed by atoms with Crippen molar-refractivity contribution in [1.82, 2.24) is 0 Å². The Bertz CT molecular complexity index is 2690. The highest BCUT2D eigenvalue weighted by Gasteiger charge is 2.50. The monoisotopic (exact) mass is 1190 g/mol. The van der Waals surface area contributed by atoms with Gasteiger partial charge in [0.2, 0.25) is 0 Å². The average Bonchev–Trinajstić information content (AvgIpc) is 0.721. The summed E-state index contributed by atoms with van der Waals surface area (Å²) in [5.74, 6) is 0. The van der Waals surface area contributed by atoms with Crippen LogP contribution >= 0.6 is 0 Å². The van der Waals surface area contributed by atoms with Gasteiger partial charge < -0.3 is 0 Å². The third-order valence-electron chi connectivity index (χ3n) is 18.7. The largest absolute Gasteiger partial charge is 0.214 e. The summed E-state index contributed by atoms with van der Waals surface area (Å²) >= 11 is 0. The molecule has 0 bridgehead atoms. The summed E-state index contributed by atoms with van der Waals surface area (Å²) in [6.07, 6.45) is 0. The maximum Gasteiger partial charge on any atom is 0.179 e. The van der Waals surface area contributed by atoms with Crippen molar-refractivity contribution in [2.24, 2.45) is 0 Å². The van der Waals surface area contributed by atoms with E-state index in [0.717, 1.165) is 33.4 Å². The molecule has 0 saturated carbocycles. The second-order valence-electron chi connectivity index (χ2n) is 39.3. The lowest BCUT2D eigenvalue weighted by Gasteiger charge is -2.44. The van der Waals surface area contributed by atoms with Crippen molar-refractivity contribution in [3.05, 3.63) is 209 Å². The summed E-state index contributed by atoms with van der Waals surface area (Å²) in [6.45, 7) is 84.9. The van der Waals surface area contributed by atoms with Crippen LogP contribution in [-0.2, 0) is 86.0 Å². The Labute approximate surface area is 541 Å². The van der Waals surface area contributed by atoms with E-state index in [1.165, 1.54) is 66.8 Å². The maximum atomic E-state index is 8.78. The first-order valence-electron chi connectivity index (χ1n) is 33.5. The molecule has 0 unspecified atom stereocenters. The van der Waals surface area contributed by atoms with Crippen molar-refractivity contribution in [1.29, 1.82) is 0 Å². The molecule has 0 heterocycles. The van der Waals surface area contributed by atoms with Crippen LogP contribution in [0.3, 0.4) is 0 Å². The summed E-state index contributed by atoms with van der Waals surface area (Å²) in [4.78, 5) is 17.6. The third kappa shape index (κ3) is 15.7. The lowest BCUT2D eigenvalue weighted by atomic mass is 9.69. The van der Waals surface area contributed by atoms with Crippen molar-refractivity contribution >= 4 is 0 Å². The van der Waals surface area contributed by atoms with Crippen LogP contribution in [0.2, 0.25) is 0 Å². The van der Waals surface area contributed by atoms with Crippen LogP contribution in [-0.4, -0.2) is 0 Å². The van der Waals surface area contributed by atoms with Crippen LogP contribution in [0.5, 0.6) is 0 Å². The lowest BCUT2D eigenvalue weighted by Crippen LogP contribution is -2.42. The van der Waals surface area contributed by atoms with Crippen molar-refractivity contribution in [3.63, 3.8) is 0 Å². The summed E-state index contributed by atoms with van der Waals surface area (Å²) in [6, 6.07) is 44.5. The van der Waals surface area contributed by atoms with Gasteiger partial charge in [0.25, 0.3) is 0 Å². The van der Waals surface area contributed by atoms with E-state index in [1.807, 2.05) is 0 Å². The molecule has 0 fully saturated rings. The molecular formula is C86H126O2. The third-order valence-corrected chi connectivity index (χ3v) is 18.7. The Morgan fingerprint density at radius 3 is 0.261 bits per heavy atom. The van der Waals surface area contributed by atoms with Crippen molar-refractivity contribution in [2.45, 2.75) is 325 Å². The van der Waals surface area contributed by atoms with Crippen LogP contribution in [0, 0.1) is 0 Å². The van der Waals surface area contributed by atoms with Crippen LogP contribution < -0.4 is 0 Å². The molecule has 0 aromatic heterocycles. The predicted molar refractivity (Wildman–Crippen MR) is 385 cm³/mol. The van der Waals surface area contributed by atoms with E-state index in [9.17, 15) is 0 Å². The summed E-state index contributed by atoms with van der Waals surface area (Å²) in [5, 5.41) is 0. The fourth-order valence-corrected chi connectivity index (χ4v) is 11.6. The van der Waals surface area contributed by atoms with Gasteiger partial charge in [0, 0.05) is 0 Å². The van der Waals surface area contributed by atoms with E-state index in [-0.39, 0.29) is 65.0 Å². The molecule has 0 spiro atoms. The SMILES string of the molecule is CC(C)(C)c1cc(C(C)(C)C)cc(C(OOC(c2cc(C(C)(C)C)cc(C(C)(C)C)c2)(c2cc(C(C)(C)C)cc(C(C)(C)C)c2)c2cc(C(C)(C)C)cc(C(C)(C)C)c2)(c2cc(C(C)(C)C)cc(C(C)(C)C)c2)c2cc(C(C)(C)C)cc(C(C)(C)C)c2)c1. The van der Waals surface area contributed by atoms with Gasteiger partial charge in [-0.1, -0.05) is 358 Å². The normalized spacial score (nSPS) is 14.5. The molecule has 2 heteroatoms. The highest BCUT2D eigenvalue weighted by Crippen LogP contribution is 2.54. The molecular weight excluding hydrogens is 1060 g/mol. The van der Waals surface area contributed by atoms with Crippen LogP contribution in [0.4, 0.5) is 0 Å². The van der Waals surface area contributed by atoms with E-state index >= 15 is 0 Å². The minimum Gasteiger partial charge on any atom is -0.214 e. The zero-order valence-electron chi connectivity index (χ0n) is 63.2. The molecule has 88 heavy (non-hydrogen) atoms.